The van der Waals surface area contributed by atoms with Gasteiger partial charge in [-0.05, 0) is 16.7 Å². The fraction of sp³-hybridized carbons (Fsp3) is 0.561. The fourth-order valence-electron chi connectivity index (χ4n) is 9.27. The molecule has 3 saturated heterocycles. The highest BCUT2D eigenvalue weighted by Gasteiger charge is 2.67. The van der Waals surface area contributed by atoms with E-state index in [0.717, 1.165) is 65.2 Å². The van der Waals surface area contributed by atoms with Crippen molar-refractivity contribution in [2.45, 2.75) is 147 Å². The molecule has 0 N–H and O–H groups in total. The van der Waals surface area contributed by atoms with Crippen LogP contribution >= 0.6 is 0 Å². The van der Waals surface area contributed by atoms with Gasteiger partial charge in [0.25, 0.3) is 0 Å². The molecule has 0 saturated carbocycles. The molecule has 3 aromatic rings. The standard InChI is InChI=1S/C57H72O25/c1-35(58)69-30-45-48(74-37(3)60)51(76-39(5)62)52(77-40(6)63)55(79-45)82-57(54(78-41(7)64)50(75-38(4)61)47(81-57)31-70-36(2)59)33-73-56(32-68-34-66-25-24-65-8)53(72-28-44-22-16-11-17-23-44)49(71-27-43-20-14-10-15-21-43)46(80-56)29-67-26-42-18-12-9-13-19-42/h9-23,45-55H,24-34H2,1-8H3/t45-,46+,47-,48-,49+,50-,51+,52-,53-,54+,55-,56-,57+/m1/s1. The van der Waals surface area contributed by atoms with Gasteiger partial charge in [0.05, 0.1) is 39.6 Å². The Kier molecular flexibility index (Phi) is 25.1. The maximum absolute atomic E-state index is 13.5. The van der Waals surface area contributed by atoms with Crippen molar-refractivity contribution in [1.29, 1.82) is 0 Å². The van der Waals surface area contributed by atoms with Crippen LogP contribution in [0.1, 0.15) is 65.2 Å². The van der Waals surface area contributed by atoms with Gasteiger partial charge in [-0.3, -0.25) is 33.6 Å². The van der Waals surface area contributed by atoms with Crippen molar-refractivity contribution in [1.82, 2.24) is 0 Å². The van der Waals surface area contributed by atoms with E-state index < -0.39 is 147 Å². The van der Waals surface area contributed by atoms with Gasteiger partial charge in [-0.2, -0.15) is 0 Å². The monoisotopic (exact) mass is 1160 g/mol. The normalized spacial score (nSPS) is 27.6. The summed E-state index contributed by atoms with van der Waals surface area (Å²) in [5, 5.41) is 0. The van der Waals surface area contributed by atoms with E-state index >= 15 is 0 Å². The number of esters is 7. The first-order valence-corrected chi connectivity index (χ1v) is 26.3. The lowest BCUT2D eigenvalue weighted by atomic mass is 9.97. The van der Waals surface area contributed by atoms with Crippen molar-refractivity contribution in [3.05, 3.63) is 108 Å². The lowest BCUT2D eigenvalue weighted by molar-refractivity contribution is -0.401. The van der Waals surface area contributed by atoms with Crippen LogP contribution in [0.3, 0.4) is 0 Å². The van der Waals surface area contributed by atoms with Crippen LogP contribution in [0.4, 0.5) is 0 Å². The highest BCUT2D eigenvalue weighted by molar-refractivity contribution is 5.69. The molecular formula is C57H72O25. The molecule has 0 amide bonds. The van der Waals surface area contributed by atoms with E-state index in [-0.39, 0.29) is 46.4 Å². The second-order valence-corrected chi connectivity index (χ2v) is 19.2. The molecule has 0 spiro atoms. The van der Waals surface area contributed by atoms with Crippen molar-refractivity contribution in [3.63, 3.8) is 0 Å². The molecule has 0 aliphatic carbocycles. The Balaban J connectivity index is 1.56. The molecule has 3 aromatic carbocycles. The summed E-state index contributed by atoms with van der Waals surface area (Å²) in [6, 6.07) is 27.8. The third-order valence-corrected chi connectivity index (χ3v) is 12.6. The van der Waals surface area contributed by atoms with Gasteiger partial charge in [-0.25, -0.2) is 0 Å². The molecule has 3 aliphatic rings. The Labute approximate surface area is 474 Å². The molecule has 82 heavy (non-hydrogen) atoms. The molecule has 0 radical (unpaired) electrons. The number of carbonyl (C=O) groups excluding carboxylic acids is 7. The van der Waals surface area contributed by atoms with Crippen LogP contribution in [0, 0.1) is 0 Å². The first-order chi connectivity index (χ1) is 39.3. The highest BCUT2D eigenvalue weighted by Crippen LogP contribution is 2.45. The SMILES string of the molecule is COCCOCOC[C@@]1(OC[C@@]2(O[C@H]3O[C@H](COC(C)=O)[C@@H](OC(C)=O)[C@H](OC(C)=O)[C@H]3OC(C)=O)O[C@H](COC(C)=O)[C@@H](OC(C)=O)[C@@H]2OC(C)=O)O[C@@H](COCc2ccccc2)[C@H](OCc2ccccc2)[C@H]1OCc1ccccc1. The second kappa shape index (κ2) is 31.8. The van der Waals surface area contributed by atoms with E-state index in [1.54, 1.807) is 0 Å². The van der Waals surface area contributed by atoms with Crippen LogP contribution < -0.4 is 0 Å². The average Bonchev–Trinajstić information content (AvgIpc) is 4.10. The zero-order valence-electron chi connectivity index (χ0n) is 47.0. The molecule has 0 aromatic heterocycles. The minimum Gasteiger partial charge on any atom is -0.463 e. The maximum Gasteiger partial charge on any atom is 0.303 e. The molecule has 0 unspecified atom stereocenters. The topological polar surface area (TPSA) is 286 Å². The molecule has 0 bridgehead atoms. The molecule has 450 valence electrons. The summed E-state index contributed by atoms with van der Waals surface area (Å²) in [6.07, 6.45) is -17.6. The van der Waals surface area contributed by atoms with Crippen LogP contribution in [-0.4, -0.2) is 181 Å². The van der Waals surface area contributed by atoms with Crippen LogP contribution in [-0.2, 0) is 139 Å². The smallest absolute Gasteiger partial charge is 0.303 e. The zero-order valence-corrected chi connectivity index (χ0v) is 47.0. The molecule has 6 rings (SSSR count). The summed E-state index contributed by atoms with van der Waals surface area (Å²) in [4.78, 5) is 90.2. The number of methoxy groups -OCH3 is 1. The van der Waals surface area contributed by atoms with E-state index in [0.29, 0.717) is 0 Å². The first-order valence-electron chi connectivity index (χ1n) is 26.3. The van der Waals surface area contributed by atoms with Crippen molar-refractivity contribution in [2.24, 2.45) is 0 Å². The van der Waals surface area contributed by atoms with Gasteiger partial charge in [0, 0.05) is 55.6 Å². The van der Waals surface area contributed by atoms with E-state index in [4.69, 9.17) is 85.3 Å². The van der Waals surface area contributed by atoms with E-state index in [9.17, 15) is 33.6 Å². The number of benzene rings is 3. The molecule has 3 fully saturated rings. The first kappa shape index (κ1) is 64.7. The van der Waals surface area contributed by atoms with Gasteiger partial charge >= 0.3 is 41.8 Å². The Morgan fingerprint density at radius 3 is 1.48 bits per heavy atom. The largest absolute Gasteiger partial charge is 0.463 e. The summed E-state index contributed by atoms with van der Waals surface area (Å²) in [5.41, 5.74) is 2.35. The second-order valence-electron chi connectivity index (χ2n) is 19.2. The van der Waals surface area contributed by atoms with Gasteiger partial charge in [-0.15, -0.1) is 0 Å². The molecule has 13 atom stereocenters. The van der Waals surface area contributed by atoms with Gasteiger partial charge in [0.1, 0.15) is 63.7 Å². The van der Waals surface area contributed by atoms with E-state index in [1.807, 2.05) is 91.0 Å². The summed E-state index contributed by atoms with van der Waals surface area (Å²) < 4.78 is 111. The van der Waals surface area contributed by atoms with Crippen molar-refractivity contribution < 1.29 is 119 Å². The maximum atomic E-state index is 13.5. The van der Waals surface area contributed by atoms with Crippen molar-refractivity contribution >= 4 is 41.8 Å². The molecular weight excluding hydrogens is 1080 g/mol. The fourth-order valence-corrected chi connectivity index (χ4v) is 9.27. The molecule has 25 heteroatoms. The summed E-state index contributed by atoms with van der Waals surface area (Å²) >= 11 is 0. The van der Waals surface area contributed by atoms with Gasteiger partial charge in [0.2, 0.25) is 17.9 Å². The van der Waals surface area contributed by atoms with Crippen LogP contribution in [0.5, 0.6) is 0 Å². The number of hydrogen-bond donors (Lipinski definition) is 0. The Morgan fingerprint density at radius 1 is 0.439 bits per heavy atom. The lowest BCUT2D eigenvalue weighted by Gasteiger charge is -2.47. The predicted molar refractivity (Wildman–Crippen MR) is 277 cm³/mol. The summed E-state index contributed by atoms with van der Waals surface area (Å²) in [7, 11) is 1.50. The molecule has 25 nitrogen and oxygen atoms in total. The van der Waals surface area contributed by atoms with Gasteiger partial charge in [0.15, 0.2) is 30.5 Å². The third kappa shape index (κ3) is 19.0. The Hall–Kier alpha value is -6.49. The number of ether oxygens (including phenoxy) is 18. The Morgan fingerprint density at radius 2 is 0.927 bits per heavy atom. The minimum absolute atomic E-state index is 0.0296. The van der Waals surface area contributed by atoms with Crippen molar-refractivity contribution in [2.75, 3.05) is 60.2 Å². The molecule has 3 heterocycles. The predicted octanol–water partition coefficient (Wildman–Crippen LogP) is 3.74. The summed E-state index contributed by atoms with van der Waals surface area (Å²) in [5.74, 6) is -11.3. The zero-order chi connectivity index (χ0) is 59.2. The Bertz CT molecular complexity index is 2520. The number of carbonyl (C=O) groups is 7. The van der Waals surface area contributed by atoms with Crippen LogP contribution in [0.2, 0.25) is 0 Å². The molecule has 3 aliphatic heterocycles. The number of hydrogen-bond acceptors (Lipinski definition) is 25. The van der Waals surface area contributed by atoms with E-state index in [2.05, 4.69) is 0 Å². The lowest BCUT2D eigenvalue weighted by Crippen LogP contribution is -2.66. The summed E-state index contributed by atoms with van der Waals surface area (Å²) in [6.45, 7) is 4.45. The highest BCUT2D eigenvalue weighted by atomic mass is 16.8. The van der Waals surface area contributed by atoms with Crippen LogP contribution in [0.25, 0.3) is 0 Å². The van der Waals surface area contributed by atoms with Gasteiger partial charge < -0.3 is 85.3 Å². The minimum atomic E-state index is -2.71. The quantitative estimate of drug-likeness (QED) is 0.0384. The third-order valence-electron chi connectivity index (χ3n) is 12.6. The van der Waals surface area contributed by atoms with Crippen LogP contribution in [0.15, 0.2) is 91.0 Å². The number of rotatable bonds is 31. The van der Waals surface area contributed by atoms with Crippen molar-refractivity contribution in [3.8, 4) is 0 Å². The average molecular weight is 1160 g/mol. The van der Waals surface area contributed by atoms with Gasteiger partial charge in [-0.1, -0.05) is 91.0 Å². The van der Waals surface area contributed by atoms with E-state index in [1.165, 1.54) is 7.11 Å².